The predicted octanol–water partition coefficient (Wildman–Crippen LogP) is 4.76. The molecule has 0 aliphatic carbocycles. The van der Waals surface area contributed by atoms with Gasteiger partial charge in [-0.1, -0.05) is 44.0 Å². The van der Waals surface area contributed by atoms with Crippen LogP contribution in [0.4, 0.5) is 10.1 Å². The van der Waals surface area contributed by atoms with Crippen molar-refractivity contribution in [3.8, 4) is 11.5 Å². The van der Waals surface area contributed by atoms with Gasteiger partial charge in [-0.3, -0.25) is 4.79 Å². The Morgan fingerprint density at radius 3 is 2.62 bits per heavy atom. The molecule has 0 aliphatic rings. The first-order chi connectivity index (χ1) is 11.7. The number of anilines is 1. The largest absolute Gasteiger partial charge is 0.455 e. The number of carbonyl (C=O) groups excluding carboxylic acids is 1. The summed E-state index contributed by atoms with van der Waals surface area (Å²) in [5, 5.41) is 2.53. The lowest BCUT2D eigenvalue weighted by Crippen LogP contribution is -2.19. The third-order valence-corrected chi connectivity index (χ3v) is 3.34. The molecule has 0 aromatic heterocycles. The van der Waals surface area contributed by atoms with Crippen molar-refractivity contribution < 1.29 is 18.7 Å². The Kier molecular flexibility index (Phi) is 7.23. The van der Waals surface area contributed by atoms with E-state index in [1.54, 1.807) is 18.2 Å². The second-order valence-corrected chi connectivity index (χ2v) is 5.34. The van der Waals surface area contributed by atoms with Crippen LogP contribution in [-0.2, 0) is 9.53 Å². The Morgan fingerprint density at radius 2 is 1.88 bits per heavy atom. The number of benzene rings is 2. The molecule has 1 amide bonds. The van der Waals surface area contributed by atoms with Crippen molar-refractivity contribution in [1.82, 2.24) is 0 Å². The molecule has 1 N–H and O–H groups in total. The van der Waals surface area contributed by atoms with E-state index in [1.165, 1.54) is 12.1 Å². The van der Waals surface area contributed by atoms with E-state index in [0.29, 0.717) is 12.4 Å². The van der Waals surface area contributed by atoms with E-state index in [2.05, 4.69) is 12.2 Å². The molecule has 0 radical (unpaired) electrons. The molecule has 2 aromatic carbocycles. The zero-order chi connectivity index (χ0) is 17.2. The molecule has 0 saturated heterocycles. The Hall–Kier alpha value is -2.40. The Labute approximate surface area is 141 Å². The summed E-state index contributed by atoms with van der Waals surface area (Å²) >= 11 is 0. The van der Waals surface area contributed by atoms with Gasteiger partial charge in [-0.25, -0.2) is 4.39 Å². The molecule has 0 atom stereocenters. The van der Waals surface area contributed by atoms with Crippen molar-refractivity contribution in [2.45, 2.75) is 26.2 Å². The lowest BCUT2D eigenvalue weighted by Gasteiger charge is -2.13. The predicted molar refractivity (Wildman–Crippen MR) is 91.9 cm³/mol. The number of halogens is 1. The van der Waals surface area contributed by atoms with E-state index in [0.717, 1.165) is 19.3 Å². The van der Waals surface area contributed by atoms with Crippen LogP contribution in [0.2, 0.25) is 0 Å². The Bertz CT molecular complexity index is 646. The van der Waals surface area contributed by atoms with Crippen LogP contribution in [-0.4, -0.2) is 19.1 Å². The summed E-state index contributed by atoms with van der Waals surface area (Å²) in [6.45, 7) is 2.51. The van der Waals surface area contributed by atoms with E-state index in [9.17, 15) is 9.18 Å². The van der Waals surface area contributed by atoms with Crippen LogP contribution in [0.1, 0.15) is 26.2 Å². The minimum atomic E-state index is -0.553. The molecule has 0 spiro atoms. The molecule has 128 valence electrons. The number of carbonyl (C=O) groups is 1. The van der Waals surface area contributed by atoms with Crippen molar-refractivity contribution in [2.75, 3.05) is 18.5 Å². The number of nitrogens with one attached hydrogen (secondary N) is 1. The quantitative estimate of drug-likeness (QED) is 0.674. The van der Waals surface area contributed by atoms with Crippen LogP contribution in [0.15, 0.2) is 48.5 Å². The minimum Gasteiger partial charge on any atom is -0.455 e. The summed E-state index contributed by atoms with van der Waals surface area (Å²) in [5.74, 6) is -0.146. The molecule has 4 nitrogen and oxygen atoms in total. The summed E-state index contributed by atoms with van der Waals surface area (Å²) in [5.41, 5.74) is 0.0171. The summed E-state index contributed by atoms with van der Waals surface area (Å²) in [6.07, 6.45) is 3.06. The van der Waals surface area contributed by atoms with Crippen LogP contribution in [0.5, 0.6) is 11.5 Å². The number of para-hydroxylation sites is 2. The highest BCUT2D eigenvalue weighted by Crippen LogP contribution is 2.31. The van der Waals surface area contributed by atoms with Crippen molar-refractivity contribution in [1.29, 1.82) is 0 Å². The van der Waals surface area contributed by atoms with Gasteiger partial charge in [-0.2, -0.15) is 0 Å². The average molecular weight is 331 g/mol. The van der Waals surface area contributed by atoms with Gasteiger partial charge in [0.2, 0.25) is 0 Å². The van der Waals surface area contributed by atoms with E-state index < -0.39 is 11.7 Å². The first-order valence-corrected chi connectivity index (χ1v) is 8.09. The minimum absolute atomic E-state index is 0.0171. The molecule has 0 heterocycles. The van der Waals surface area contributed by atoms with Crippen molar-refractivity contribution in [3.05, 3.63) is 54.3 Å². The standard InChI is InChI=1S/C19H22FNO3/c1-2-3-7-13-23-14-18(22)21-19-16(20)11-8-12-17(19)24-15-9-5-4-6-10-15/h4-6,8-12H,2-3,7,13-14H2,1H3,(H,21,22). The second-order valence-electron chi connectivity index (χ2n) is 5.34. The zero-order valence-corrected chi connectivity index (χ0v) is 13.8. The van der Waals surface area contributed by atoms with Crippen molar-refractivity contribution in [3.63, 3.8) is 0 Å². The maximum atomic E-state index is 14.1. The number of amides is 1. The highest BCUT2D eigenvalue weighted by Gasteiger charge is 2.13. The first kappa shape index (κ1) is 17.9. The van der Waals surface area contributed by atoms with Gasteiger partial charge in [0.05, 0.1) is 0 Å². The van der Waals surface area contributed by atoms with Gasteiger partial charge in [-0.15, -0.1) is 0 Å². The molecule has 2 rings (SSSR count). The highest BCUT2D eigenvalue weighted by molar-refractivity contribution is 5.93. The number of hydrogen-bond acceptors (Lipinski definition) is 3. The lowest BCUT2D eigenvalue weighted by atomic mass is 10.2. The highest BCUT2D eigenvalue weighted by atomic mass is 19.1. The molecule has 5 heteroatoms. The summed E-state index contributed by atoms with van der Waals surface area (Å²) in [6, 6.07) is 13.4. The molecule has 0 aliphatic heterocycles. The molecular formula is C19H22FNO3. The molecule has 0 bridgehead atoms. The third kappa shape index (κ3) is 5.66. The van der Waals surface area contributed by atoms with Gasteiger partial charge in [0.1, 0.15) is 18.0 Å². The van der Waals surface area contributed by atoms with E-state index >= 15 is 0 Å². The monoisotopic (exact) mass is 331 g/mol. The van der Waals surface area contributed by atoms with Gasteiger partial charge in [-0.05, 0) is 30.7 Å². The first-order valence-electron chi connectivity index (χ1n) is 8.09. The van der Waals surface area contributed by atoms with Crippen LogP contribution in [0.3, 0.4) is 0 Å². The van der Waals surface area contributed by atoms with E-state index in [4.69, 9.17) is 9.47 Å². The van der Waals surface area contributed by atoms with Crippen LogP contribution >= 0.6 is 0 Å². The number of ether oxygens (including phenoxy) is 2. The smallest absolute Gasteiger partial charge is 0.250 e. The maximum absolute atomic E-state index is 14.1. The molecule has 0 fully saturated rings. The fourth-order valence-corrected chi connectivity index (χ4v) is 2.12. The van der Waals surface area contributed by atoms with Gasteiger partial charge in [0, 0.05) is 6.61 Å². The summed E-state index contributed by atoms with van der Waals surface area (Å²) in [7, 11) is 0. The van der Waals surface area contributed by atoms with Crippen LogP contribution in [0, 0.1) is 5.82 Å². The summed E-state index contributed by atoms with van der Waals surface area (Å²) in [4.78, 5) is 11.9. The SMILES string of the molecule is CCCCCOCC(=O)Nc1c(F)cccc1Oc1ccccc1. The molecule has 0 saturated carbocycles. The van der Waals surface area contributed by atoms with Gasteiger partial charge in [0.25, 0.3) is 5.91 Å². The van der Waals surface area contributed by atoms with Crippen LogP contribution < -0.4 is 10.1 Å². The van der Waals surface area contributed by atoms with Gasteiger partial charge < -0.3 is 14.8 Å². The summed E-state index contributed by atoms with van der Waals surface area (Å²) < 4.78 is 25.0. The molecule has 24 heavy (non-hydrogen) atoms. The second kappa shape index (κ2) is 9.67. The average Bonchev–Trinajstić information content (AvgIpc) is 2.59. The van der Waals surface area contributed by atoms with E-state index in [-0.39, 0.29) is 18.0 Å². The normalized spacial score (nSPS) is 10.4. The number of rotatable bonds is 9. The fourth-order valence-electron chi connectivity index (χ4n) is 2.12. The number of hydrogen-bond donors (Lipinski definition) is 1. The molecule has 2 aromatic rings. The van der Waals surface area contributed by atoms with Crippen molar-refractivity contribution in [2.24, 2.45) is 0 Å². The molecular weight excluding hydrogens is 309 g/mol. The topological polar surface area (TPSA) is 47.6 Å². The maximum Gasteiger partial charge on any atom is 0.250 e. The van der Waals surface area contributed by atoms with Crippen molar-refractivity contribution >= 4 is 11.6 Å². The zero-order valence-electron chi connectivity index (χ0n) is 13.8. The molecule has 0 unspecified atom stereocenters. The Balaban J connectivity index is 1.97. The third-order valence-electron chi connectivity index (χ3n) is 3.34. The van der Waals surface area contributed by atoms with E-state index in [1.807, 2.05) is 18.2 Å². The number of unbranched alkanes of at least 4 members (excludes halogenated alkanes) is 2. The fraction of sp³-hybridized carbons (Fsp3) is 0.316. The Morgan fingerprint density at radius 1 is 1.08 bits per heavy atom. The van der Waals surface area contributed by atoms with Gasteiger partial charge in [0.15, 0.2) is 11.6 Å². The van der Waals surface area contributed by atoms with Gasteiger partial charge >= 0.3 is 0 Å². The lowest BCUT2D eigenvalue weighted by molar-refractivity contribution is -0.120. The van der Waals surface area contributed by atoms with Crippen LogP contribution in [0.25, 0.3) is 0 Å².